The van der Waals surface area contributed by atoms with Crippen LogP contribution in [0.15, 0.2) is 34.7 Å². The van der Waals surface area contributed by atoms with Gasteiger partial charge in [0.1, 0.15) is 11.5 Å². The Hall–Kier alpha value is -3.02. The van der Waals surface area contributed by atoms with Crippen molar-refractivity contribution < 1.29 is 19.1 Å². The van der Waals surface area contributed by atoms with E-state index >= 15 is 0 Å². The molecular formula is C20H22N2O4. The van der Waals surface area contributed by atoms with Crippen molar-refractivity contribution in [1.29, 1.82) is 0 Å². The van der Waals surface area contributed by atoms with Gasteiger partial charge in [0.15, 0.2) is 5.76 Å². The molecule has 0 aliphatic heterocycles. The number of fused-ring (bicyclic) bond motifs is 1. The maximum atomic E-state index is 12.6. The molecular weight excluding hydrogens is 332 g/mol. The summed E-state index contributed by atoms with van der Waals surface area (Å²) in [5.41, 5.74) is 2.42. The summed E-state index contributed by atoms with van der Waals surface area (Å²) in [6.45, 7) is 8.20. The number of carbonyl (C=O) groups is 2. The van der Waals surface area contributed by atoms with Gasteiger partial charge < -0.3 is 19.8 Å². The number of carboxylic acid groups (broad SMARTS) is 1. The van der Waals surface area contributed by atoms with E-state index in [4.69, 9.17) is 9.52 Å². The molecule has 0 saturated heterocycles. The van der Waals surface area contributed by atoms with Crippen molar-refractivity contribution >= 4 is 28.5 Å². The van der Waals surface area contributed by atoms with E-state index in [1.165, 1.54) is 6.07 Å². The summed E-state index contributed by atoms with van der Waals surface area (Å²) >= 11 is 0. The first-order valence-corrected chi connectivity index (χ1v) is 8.57. The van der Waals surface area contributed by atoms with Gasteiger partial charge in [-0.05, 0) is 41.8 Å². The molecule has 0 unspecified atom stereocenters. The van der Waals surface area contributed by atoms with Gasteiger partial charge >= 0.3 is 5.97 Å². The van der Waals surface area contributed by atoms with Crippen molar-refractivity contribution in [2.45, 2.75) is 39.5 Å². The first-order valence-electron chi connectivity index (χ1n) is 8.57. The van der Waals surface area contributed by atoms with Crippen molar-refractivity contribution in [2.75, 3.05) is 5.32 Å². The van der Waals surface area contributed by atoms with Crippen molar-refractivity contribution in [3.05, 3.63) is 53.1 Å². The standard InChI is InChI=1S/C20H22N2O4/c1-10(2)14-9-17(26-18(14)11(3)4)19(23)21-13-5-6-15-12(7-13)8-16(22-15)20(24)25/h5-11,22H,1-4H3,(H,21,23)(H,24,25). The summed E-state index contributed by atoms with van der Waals surface area (Å²) in [6, 6.07) is 8.52. The summed E-state index contributed by atoms with van der Waals surface area (Å²) in [7, 11) is 0. The molecule has 0 saturated carbocycles. The minimum Gasteiger partial charge on any atom is -0.477 e. The van der Waals surface area contributed by atoms with Crippen LogP contribution in [-0.2, 0) is 0 Å². The average Bonchev–Trinajstić information content (AvgIpc) is 3.19. The van der Waals surface area contributed by atoms with Crippen LogP contribution >= 0.6 is 0 Å². The second kappa shape index (κ2) is 6.71. The Morgan fingerprint density at radius 2 is 1.81 bits per heavy atom. The molecule has 3 rings (SSSR count). The third-order valence-corrected chi connectivity index (χ3v) is 4.27. The zero-order chi connectivity index (χ0) is 19.0. The number of benzene rings is 1. The van der Waals surface area contributed by atoms with Gasteiger partial charge in [0.25, 0.3) is 5.91 Å². The number of amides is 1. The second-order valence-electron chi connectivity index (χ2n) is 6.98. The maximum Gasteiger partial charge on any atom is 0.352 e. The van der Waals surface area contributed by atoms with E-state index in [2.05, 4.69) is 24.1 Å². The molecule has 6 heteroatoms. The minimum atomic E-state index is -1.02. The number of rotatable bonds is 5. The molecule has 3 N–H and O–H groups in total. The van der Waals surface area contributed by atoms with Crippen molar-refractivity contribution in [3.8, 4) is 0 Å². The zero-order valence-electron chi connectivity index (χ0n) is 15.2. The number of aromatic nitrogens is 1. The quantitative estimate of drug-likeness (QED) is 0.603. The monoisotopic (exact) mass is 354 g/mol. The molecule has 0 radical (unpaired) electrons. The van der Waals surface area contributed by atoms with Gasteiger partial charge in [-0.1, -0.05) is 27.7 Å². The molecule has 1 amide bonds. The number of H-pyrrole nitrogens is 1. The van der Waals surface area contributed by atoms with Gasteiger partial charge in [-0.25, -0.2) is 4.79 Å². The Kier molecular flexibility index (Phi) is 4.59. The van der Waals surface area contributed by atoms with Gasteiger partial charge in [-0.2, -0.15) is 0 Å². The SMILES string of the molecule is CC(C)c1cc(C(=O)Nc2ccc3[nH]c(C(=O)O)cc3c2)oc1C(C)C. The van der Waals surface area contributed by atoms with Crippen molar-refractivity contribution in [2.24, 2.45) is 0 Å². The molecule has 0 aliphatic rings. The number of carboxylic acids is 1. The lowest BCUT2D eigenvalue weighted by Gasteiger charge is -2.07. The predicted octanol–water partition coefficient (Wildman–Crippen LogP) is 4.96. The highest BCUT2D eigenvalue weighted by Crippen LogP contribution is 2.30. The van der Waals surface area contributed by atoms with Gasteiger partial charge in [-0.15, -0.1) is 0 Å². The lowest BCUT2D eigenvalue weighted by molar-refractivity contribution is 0.0691. The van der Waals surface area contributed by atoms with Crippen LogP contribution in [0, 0.1) is 0 Å². The first-order chi connectivity index (χ1) is 12.3. The van der Waals surface area contributed by atoms with Gasteiger partial charge in [0.05, 0.1) is 0 Å². The van der Waals surface area contributed by atoms with Crippen LogP contribution in [0.3, 0.4) is 0 Å². The molecule has 3 aromatic rings. The molecule has 0 aliphatic carbocycles. The largest absolute Gasteiger partial charge is 0.477 e. The van der Waals surface area contributed by atoms with Crippen LogP contribution < -0.4 is 5.32 Å². The van der Waals surface area contributed by atoms with E-state index in [-0.39, 0.29) is 29.2 Å². The van der Waals surface area contributed by atoms with Crippen LogP contribution in [0.4, 0.5) is 5.69 Å². The van der Waals surface area contributed by atoms with E-state index in [0.717, 1.165) is 11.3 Å². The fourth-order valence-corrected chi connectivity index (χ4v) is 2.95. The van der Waals surface area contributed by atoms with Gasteiger partial charge in [0, 0.05) is 22.5 Å². The topological polar surface area (TPSA) is 95.3 Å². The minimum absolute atomic E-state index is 0.109. The molecule has 6 nitrogen and oxygen atoms in total. The summed E-state index contributed by atoms with van der Waals surface area (Å²) < 4.78 is 5.80. The Morgan fingerprint density at radius 3 is 2.38 bits per heavy atom. The highest BCUT2D eigenvalue weighted by molar-refractivity contribution is 6.04. The number of hydrogen-bond acceptors (Lipinski definition) is 3. The molecule has 0 bridgehead atoms. The van der Waals surface area contributed by atoms with Crippen LogP contribution in [-0.4, -0.2) is 22.0 Å². The number of anilines is 1. The lowest BCUT2D eigenvalue weighted by Crippen LogP contribution is -2.10. The smallest absolute Gasteiger partial charge is 0.352 e. The third kappa shape index (κ3) is 3.35. The number of furan rings is 1. The Bertz CT molecular complexity index is 954. The number of aromatic carboxylic acids is 1. The van der Waals surface area contributed by atoms with E-state index in [0.29, 0.717) is 16.6 Å². The highest BCUT2D eigenvalue weighted by atomic mass is 16.4. The Morgan fingerprint density at radius 1 is 1.08 bits per heavy atom. The fraction of sp³-hybridized carbons (Fsp3) is 0.300. The van der Waals surface area contributed by atoms with Gasteiger partial charge in [-0.3, -0.25) is 4.79 Å². The molecule has 0 atom stereocenters. The van der Waals surface area contributed by atoms with Crippen LogP contribution in [0.1, 0.15) is 71.9 Å². The molecule has 26 heavy (non-hydrogen) atoms. The Balaban J connectivity index is 1.86. The molecule has 0 spiro atoms. The molecule has 136 valence electrons. The summed E-state index contributed by atoms with van der Waals surface area (Å²) in [6.07, 6.45) is 0. The second-order valence-corrected chi connectivity index (χ2v) is 6.98. The van der Waals surface area contributed by atoms with Crippen LogP contribution in [0.2, 0.25) is 0 Å². The average molecular weight is 354 g/mol. The maximum absolute atomic E-state index is 12.6. The van der Waals surface area contributed by atoms with E-state index in [9.17, 15) is 9.59 Å². The normalized spacial score (nSPS) is 11.5. The molecule has 0 fully saturated rings. The predicted molar refractivity (Wildman–Crippen MR) is 100 cm³/mol. The fourth-order valence-electron chi connectivity index (χ4n) is 2.95. The molecule has 2 aromatic heterocycles. The van der Waals surface area contributed by atoms with Crippen molar-refractivity contribution in [1.82, 2.24) is 4.98 Å². The Labute approximate surface area is 151 Å². The zero-order valence-corrected chi connectivity index (χ0v) is 15.2. The first kappa shape index (κ1) is 17.8. The summed E-state index contributed by atoms with van der Waals surface area (Å²) in [4.78, 5) is 26.4. The van der Waals surface area contributed by atoms with Crippen molar-refractivity contribution in [3.63, 3.8) is 0 Å². The van der Waals surface area contributed by atoms with Crippen LogP contribution in [0.25, 0.3) is 10.9 Å². The number of nitrogens with one attached hydrogen (secondary N) is 2. The van der Waals surface area contributed by atoms with Crippen LogP contribution in [0.5, 0.6) is 0 Å². The number of hydrogen-bond donors (Lipinski definition) is 3. The van der Waals surface area contributed by atoms with E-state index in [1.54, 1.807) is 24.3 Å². The lowest BCUT2D eigenvalue weighted by atomic mass is 9.98. The number of carbonyl (C=O) groups excluding carboxylic acids is 1. The summed E-state index contributed by atoms with van der Waals surface area (Å²) in [5.74, 6) is 0.218. The summed E-state index contributed by atoms with van der Waals surface area (Å²) in [5, 5.41) is 12.6. The van der Waals surface area contributed by atoms with E-state index in [1.807, 2.05) is 13.8 Å². The molecule has 1 aromatic carbocycles. The van der Waals surface area contributed by atoms with E-state index < -0.39 is 5.97 Å². The highest BCUT2D eigenvalue weighted by Gasteiger charge is 2.20. The number of aromatic amines is 1. The van der Waals surface area contributed by atoms with Gasteiger partial charge in [0.2, 0.25) is 0 Å². The third-order valence-electron chi connectivity index (χ3n) is 4.27. The molecule has 2 heterocycles.